The molecule has 0 unspecified atom stereocenters. The van der Waals surface area contributed by atoms with E-state index >= 15 is 0 Å². The molecular formula is C13H14N2. The quantitative estimate of drug-likeness (QED) is 0.817. The van der Waals surface area contributed by atoms with Crippen LogP contribution in [0.3, 0.4) is 0 Å². The lowest BCUT2D eigenvalue weighted by Gasteiger charge is -2.09. The van der Waals surface area contributed by atoms with Gasteiger partial charge in [0.05, 0.1) is 0 Å². The molecule has 0 saturated carbocycles. The predicted octanol–water partition coefficient (Wildman–Crippen LogP) is 3.39. The highest BCUT2D eigenvalue weighted by molar-refractivity contribution is 5.60. The van der Waals surface area contributed by atoms with Crippen molar-refractivity contribution in [3.05, 3.63) is 54.2 Å². The first kappa shape index (κ1) is 9.71. The summed E-state index contributed by atoms with van der Waals surface area (Å²) in [5.74, 6) is 0.887. The van der Waals surface area contributed by atoms with Crippen LogP contribution in [0.4, 0.5) is 11.5 Å². The monoisotopic (exact) mass is 198 g/mol. The summed E-state index contributed by atoms with van der Waals surface area (Å²) in [6, 6.07) is 14.2. The Morgan fingerprint density at radius 1 is 1.07 bits per heavy atom. The number of hydrogen-bond acceptors (Lipinski definition) is 2. The van der Waals surface area contributed by atoms with Gasteiger partial charge in [-0.25, -0.2) is 4.98 Å². The zero-order chi connectivity index (χ0) is 10.5. The van der Waals surface area contributed by atoms with Crippen molar-refractivity contribution in [2.24, 2.45) is 0 Å². The number of rotatable bonds is 3. The highest BCUT2D eigenvalue weighted by atomic mass is 15.0. The van der Waals surface area contributed by atoms with Gasteiger partial charge in [0.15, 0.2) is 0 Å². The number of anilines is 2. The van der Waals surface area contributed by atoms with Gasteiger partial charge in [0, 0.05) is 11.9 Å². The van der Waals surface area contributed by atoms with Crippen molar-refractivity contribution in [3.63, 3.8) is 0 Å². The van der Waals surface area contributed by atoms with Gasteiger partial charge in [-0.2, -0.15) is 0 Å². The molecule has 0 amide bonds. The molecule has 0 saturated heterocycles. The molecule has 15 heavy (non-hydrogen) atoms. The molecule has 1 N–H and O–H groups in total. The molecule has 0 spiro atoms. The van der Waals surface area contributed by atoms with E-state index in [4.69, 9.17) is 0 Å². The number of nitrogens with zero attached hydrogens (tertiary/aromatic N) is 1. The Bertz CT molecular complexity index is 424. The molecule has 2 aromatic rings. The van der Waals surface area contributed by atoms with Crippen molar-refractivity contribution in [2.45, 2.75) is 13.3 Å². The summed E-state index contributed by atoms with van der Waals surface area (Å²) in [6.45, 7) is 2.15. The minimum Gasteiger partial charge on any atom is -0.340 e. The van der Waals surface area contributed by atoms with E-state index in [1.807, 2.05) is 24.3 Å². The molecule has 2 heteroatoms. The summed E-state index contributed by atoms with van der Waals surface area (Å²) < 4.78 is 0. The van der Waals surface area contributed by atoms with Crippen LogP contribution in [0.15, 0.2) is 48.7 Å². The number of hydrogen-bond donors (Lipinski definition) is 1. The zero-order valence-electron chi connectivity index (χ0n) is 8.77. The van der Waals surface area contributed by atoms with E-state index in [0.717, 1.165) is 17.9 Å². The molecule has 1 aromatic carbocycles. The van der Waals surface area contributed by atoms with Crippen LogP contribution in [0.1, 0.15) is 12.5 Å². The van der Waals surface area contributed by atoms with Crippen LogP contribution in [0.25, 0.3) is 0 Å². The van der Waals surface area contributed by atoms with Crippen LogP contribution in [0.5, 0.6) is 0 Å². The molecule has 0 aliphatic rings. The van der Waals surface area contributed by atoms with Crippen LogP contribution < -0.4 is 5.32 Å². The minimum atomic E-state index is 0.887. The molecule has 0 fully saturated rings. The van der Waals surface area contributed by atoms with Gasteiger partial charge in [-0.3, -0.25) is 0 Å². The Morgan fingerprint density at radius 2 is 1.87 bits per heavy atom. The van der Waals surface area contributed by atoms with Gasteiger partial charge >= 0.3 is 0 Å². The lowest BCUT2D eigenvalue weighted by Crippen LogP contribution is -1.96. The summed E-state index contributed by atoms with van der Waals surface area (Å²) in [5, 5.41) is 3.31. The number of benzene rings is 1. The summed E-state index contributed by atoms with van der Waals surface area (Å²) in [5.41, 5.74) is 2.45. The highest BCUT2D eigenvalue weighted by Gasteiger charge is 1.99. The Balaban J connectivity index is 2.24. The Hall–Kier alpha value is -1.83. The Labute approximate surface area is 90.0 Å². The molecule has 0 radical (unpaired) electrons. The van der Waals surface area contributed by atoms with Gasteiger partial charge in [-0.15, -0.1) is 0 Å². The van der Waals surface area contributed by atoms with E-state index in [0.29, 0.717) is 0 Å². The standard InChI is InChI=1S/C13H14N2/c1-2-11-7-3-4-8-12(11)15-13-9-5-6-10-14-13/h3-10H,2H2,1H3,(H,14,15). The first-order valence-corrected chi connectivity index (χ1v) is 5.16. The molecule has 0 bridgehead atoms. The van der Waals surface area contributed by atoms with Crippen molar-refractivity contribution < 1.29 is 0 Å². The fraction of sp³-hybridized carbons (Fsp3) is 0.154. The summed E-state index contributed by atoms with van der Waals surface area (Å²) in [4.78, 5) is 4.24. The molecule has 0 aliphatic heterocycles. The van der Waals surface area contributed by atoms with Crippen LogP contribution in [-0.4, -0.2) is 4.98 Å². The minimum absolute atomic E-state index is 0.887. The highest BCUT2D eigenvalue weighted by Crippen LogP contribution is 2.19. The molecule has 1 heterocycles. The predicted molar refractivity (Wildman–Crippen MR) is 63.3 cm³/mol. The zero-order valence-corrected chi connectivity index (χ0v) is 8.77. The van der Waals surface area contributed by atoms with E-state index in [1.54, 1.807) is 6.20 Å². The van der Waals surface area contributed by atoms with Crippen LogP contribution in [-0.2, 0) is 6.42 Å². The molecule has 2 rings (SSSR count). The van der Waals surface area contributed by atoms with E-state index in [9.17, 15) is 0 Å². The smallest absolute Gasteiger partial charge is 0.130 e. The first-order valence-electron chi connectivity index (χ1n) is 5.16. The topological polar surface area (TPSA) is 24.9 Å². The maximum atomic E-state index is 4.24. The van der Waals surface area contributed by atoms with Gasteiger partial charge in [0.1, 0.15) is 5.82 Å². The Morgan fingerprint density at radius 3 is 2.60 bits per heavy atom. The van der Waals surface area contributed by atoms with E-state index < -0.39 is 0 Å². The van der Waals surface area contributed by atoms with Gasteiger partial charge < -0.3 is 5.32 Å². The summed E-state index contributed by atoms with van der Waals surface area (Å²) in [6.07, 6.45) is 2.81. The fourth-order valence-electron chi connectivity index (χ4n) is 1.53. The number of para-hydroxylation sites is 1. The molecular weight excluding hydrogens is 184 g/mol. The van der Waals surface area contributed by atoms with Gasteiger partial charge in [-0.05, 0) is 30.2 Å². The third-order valence-electron chi connectivity index (χ3n) is 2.33. The van der Waals surface area contributed by atoms with Crippen molar-refractivity contribution in [1.29, 1.82) is 0 Å². The first-order chi connectivity index (χ1) is 7.40. The number of aromatic nitrogens is 1. The Kier molecular flexibility index (Phi) is 2.98. The van der Waals surface area contributed by atoms with Gasteiger partial charge in [-0.1, -0.05) is 31.2 Å². The van der Waals surface area contributed by atoms with Crippen molar-refractivity contribution in [3.8, 4) is 0 Å². The molecule has 0 atom stereocenters. The second kappa shape index (κ2) is 4.60. The number of nitrogens with one attached hydrogen (secondary N) is 1. The lowest BCUT2D eigenvalue weighted by molar-refractivity contribution is 1.14. The summed E-state index contributed by atoms with van der Waals surface area (Å²) >= 11 is 0. The molecule has 1 aromatic heterocycles. The van der Waals surface area contributed by atoms with E-state index in [1.165, 1.54) is 5.56 Å². The van der Waals surface area contributed by atoms with Crippen molar-refractivity contribution in [2.75, 3.05) is 5.32 Å². The van der Waals surface area contributed by atoms with Crippen LogP contribution >= 0.6 is 0 Å². The largest absolute Gasteiger partial charge is 0.340 e. The SMILES string of the molecule is CCc1ccccc1Nc1ccccn1. The van der Waals surface area contributed by atoms with Crippen molar-refractivity contribution in [1.82, 2.24) is 4.98 Å². The fourth-order valence-corrected chi connectivity index (χ4v) is 1.53. The van der Waals surface area contributed by atoms with Crippen molar-refractivity contribution >= 4 is 11.5 Å². The van der Waals surface area contributed by atoms with Crippen LogP contribution in [0.2, 0.25) is 0 Å². The van der Waals surface area contributed by atoms with Crippen LogP contribution in [0, 0.1) is 0 Å². The third-order valence-corrected chi connectivity index (χ3v) is 2.33. The lowest BCUT2D eigenvalue weighted by atomic mass is 10.1. The molecule has 0 aliphatic carbocycles. The van der Waals surface area contributed by atoms with Gasteiger partial charge in [0.25, 0.3) is 0 Å². The average molecular weight is 198 g/mol. The third kappa shape index (κ3) is 2.34. The number of pyridine rings is 1. The second-order valence-electron chi connectivity index (χ2n) is 3.35. The number of aryl methyl sites for hydroxylation is 1. The summed E-state index contributed by atoms with van der Waals surface area (Å²) in [7, 11) is 0. The normalized spacial score (nSPS) is 9.93. The van der Waals surface area contributed by atoms with E-state index in [-0.39, 0.29) is 0 Å². The van der Waals surface area contributed by atoms with Gasteiger partial charge in [0.2, 0.25) is 0 Å². The van der Waals surface area contributed by atoms with E-state index in [2.05, 4.69) is 35.4 Å². The molecule has 76 valence electrons. The average Bonchev–Trinajstić information content (AvgIpc) is 2.31. The maximum Gasteiger partial charge on any atom is 0.130 e. The second-order valence-corrected chi connectivity index (χ2v) is 3.35. The molecule has 2 nitrogen and oxygen atoms in total. The maximum absolute atomic E-state index is 4.24.